The van der Waals surface area contributed by atoms with E-state index in [1.807, 2.05) is 33.3 Å². The SMILES string of the molecule is CNC(=O)c1nn(C)c2c3ncc(-c4c(C)nnn4C)cc3n([C@H](c3ccccc3)C3CCOCC3)c12. The van der Waals surface area contributed by atoms with Crippen LogP contribution in [0.5, 0.6) is 0 Å². The summed E-state index contributed by atoms with van der Waals surface area (Å²) >= 11 is 0. The fourth-order valence-electron chi connectivity index (χ4n) is 5.81. The number of aryl methyl sites for hydroxylation is 3. The number of nitrogens with one attached hydrogen (secondary N) is 1. The molecule has 1 atom stereocenters. The number of ether oxygens (including phenoxy) is 1. The largest absolute Gasteiger partial charge is 0.381 e. The van der Waals surface area contributed by atoms with Crippen molar-refractivity contribution < 1.29 is 9.53 Å². The first kappa shape index (κ1) is 23.4. The number of aromatic nitrogens is 7. The van der Waals surface area contributed by atoms with Crippen LogP contribution in [0.2, 0.25) is 0 Å². The van der Waals surface area contributed by atoms with Gasteiger partial charge in [-0.1, -0.05) is 35.5 Å². The molecule has 10 nitrogen and oxygen atoms in total. The van der Waals surface area contributed by atoms with E-state index in [9.17, 15) is 4.79 Å². The minimum atomic E-state index is -0.222. The molecule has 1 N–H and O–H groups in total. The van der Waals surface area contributed by atoms with Gasteiger partial charge < -0.3 is 14.6 Å². The van der Waals surface area contributed by atoms with E-state index >= 15 is 0 Å². The summed E-state index contributed by atoms with van der Waals surface area (Å²) < 4.78 is 11.6. The van der Waals surface area contributed by atoms with Crippen LogP contribution < -0.4 is 5.32 Å². The average molecular weight is 499 g/mol. The molecule has 0 saturated carbocycles. The lowest BCUT2D eigenvalue weighted by Crippen LogP contribution is -2.27. The third-order valence-electron chi connectivity index (χ3n) is 7.46. The topological polar surface area (TPSA) is 105 Å². The summed E-state index contributed by atoms with van der Waals surface area (Å²) in [5.74, 6) is 0.0943. The molecule has 4 aromatic heterocycles. The van der Waals surface area contributed by atoms with Crippen molar-refractivity contribution in [1.29, 1.82) is 0 Å². The van der Waals surface area contributed by atoms with E-state index < -0.39 is 0 Å². The van der Waals surface area contributed by atoms with Crippen LogP contribution in [0.15, 0.2) is 42.6 Å². The highest BCUT2D eigenvalue weighted by molar-refractivity contribution is 6.13. The first-order valence-corrected chi connectivity index (χ1v) is 12.6. The third-order valence-corrected chi connectivity index (χ3v) is 7.46. The molecule has 10 heteroatoms. The van der Waals surface area contributed by atoms with E-state index in [1.165, 1.54) is 5.56 Å². The summed E-state index contributed by atoms with van der Waals surface area (Å²) in [6, 6.07) is 12.6. The highest BCUT2D eigenvalue weighted by Gasteiger charge is 2.33. The maximum atomic E-state index is 13.1. The average Bonchev–Trinajstić information content (AvgIpc) is 3.56. The molecule has 5 aromatic rings. The number of fused-ring (bicyclic) bond motifs is 3. The Balaban J connectivity index is 1.72. The van der Waals surface area contributed by atoms with Gasteiger partial charge in [-0.2, -0.15) is 5.10 Å². The number of amides is 1. The van der Waals surface area contributed by atoms with Crippen molar-refractivity contribution in [1.82, 2.24) is 39.6 Å². The van der Waals surface area contributed by atoms with Crippen molar-refractivity contribution in [2.24, 2.45) is 20.0 Å². The Kier molecular flexibility index (Phi) is 5.75. The van der Waals surface area contributed by atoms with Gasteiger partial charge in [0.2, 0.25) is 0 Å². The zero-order valence-corrected chi connectivity index (χ0v) is 21.5. The maximum absolute atomic E-state index is 13.1. The zero-order valence-electron chi connectivity index (χ0n) is 21.5. The van der Waals surface area contributed by atoms with Crippen molar-refractivity contribution in [3.05, 3.63) is 59.5 Å². The highest BCUT2D eigenvalue weighted by Crippen LogP contribution is 2.42. The summed E-state index contributed by atoms with van der Waals surface area (Å²) in [6.45, 7) is 3.38. The molecule has 1 aliphatic rings. The number of pyridine rings is 1. The Labute approximate surface area is 214 Å². The number of nitrogens with zero attached hydrogens (tertiary/aromatic N) is 7. The Morgan fingerprint density at radius 3 is 2.54 bits per heavy atom. The standard InChI is InChI=1S/C27H30N8O2/c1-16-23(34(4)32-30-16)19-14-20-21(29-15-19)25-26(22(27(36)28-2)31-33(25)3)35(20)24(17-8-6-5-7-9-17)18-10-12-37-13-11-18/h5-9,14-15,18,24H,10-13H2,1-4H3,(H,28,36)/t24-/m1/s1. The van der Waals surface area contributed by atoms with E-state index in [1.54, 1.807) is 16.4 Å². The van der Waals surface area contributed by atoms with E-state index in [4.69, 9.17) is 9.72 Å². The minimum absolute atomic E-state index is 0.0273. The van der Waals surface area contributed by atoms with Gasteiger partial charge in [0.1, 0.15) is 16.6 Å². The Bertz CT molecular complexity index is 1590. The van der Waals surface area contributed by atoms with Crippen LogP contribution in [0, 0.1) is 12.8 Å². The van der Waals surface area contributed by atoms with Crippen LogP contribution >= 0.6 is 0 Å². The molecule has 1 aromatic carbocycles. The normalized spacial score (nSPS) is 15.5. The number of carbonyl (C=O) groups is 1. The van der Waals surface area contributed by atoms with Crippen molar-refractivity contribution >= 4 is 28.0 Å². The number of hydrogen-bond donors (Lipinski definition) is 1. The number of carbonyl (C=O) groups excluding carboxylic acids is 1. The van der Waals surface area contributed by atoms with Gasteiger partial charge in [-0.15, -0.1) is 5.10 Å². The van der Waals surface area contributed by atoms with Crippen LogP contribution in [-0.2, 0) is 18.8 Å². The quantitative estimate of drug-likeness (QED) is 0.398. The van der Waals surface area contributed by atoms with Crippen LogP contribution in [0.25, 0.3) is 33.3 Å². The molecule has 190 valence electrons. The van der Waals surface area contributed by atoms with E-state index in [-0.39, 0.29) is 11.9 Å². The van der Waals surface area contributed by atoms with Crippen LogP contribution in [0.3, 0.4) is 0 Å². The molecule has 1 saturated heterocycles. The molecule has 0 unspecified atom stereocenters. The molecule has 6 rings (SSSR count). The Morgan fingerprint density at radius 1 is 1.11 bits per heavy atom. The Hall–Kier alpha value is -4.05. The second-order valence-corrected chi connectivity index (χ2v) is 9.66. The molecular formula is C27H30N8O2. The Morgan fingerprint density at radius 2 is 1.86 bits per heavy atom. The van der Waals surface area contributed by atoms with Crippen LogP contribution in [0.4, 0.5) is 0 Å². The summed E-state index contributed by atoms with van der Waals surface area (Å²) in [7, 11) is 5.39. The van der Waals surface area contributed by atoms with E-state index in [0.29, 0.717) is 11.6 Å². The van der Waals surface area contributed by atoms with Crippen LogP contribution in [0.1, 0.15) is 40.6 Å². The summed E-state index contributed by atoms with van der Waals surface area (Å²) in [4.78, 5) is 18.0. The smallest absolute Gasteiger partial charge is 0.273 e. The zero-order chi connectivity index (χ0) is 25.7. The monoisotopic (exact) mass is 498 g/mol. The number of hydrogen-bond acceptors (Lipinski definition) is 6. The van der Waals surface area contributed by atoms with Crippen molar-refractivity contribution in [2.75, 3.05) is 20.3 Å². The molecule has 1 aliphatic heterocycles. The fourth-order valence-corrected chi connectivity index (χ4v) is 5.81. The molecule has 0 spiro atoms. The van der Waals surface area contributed by atoms with Gasteiger partial charge in [0, 0.05) is 46.1 Å². The van der Waals surface area contributed by atoms with Crippen molar-refractivity contribution in [2.45, 2.75) is 25.8 Å². The second-order valence-electron chi connectivity index (χ2n) is 9.66. The highest BCUT2D eigenvalue weighted by atomic mass is 16.5. The molecule has 0 bridgehead atoms. The van der Waals surface area contributed by atoms with Crippen LogP contribution in [-0.4, -0.2) is 60.5 Å². The summed E-state index contributed by atoms with van der Waals surface area (Å²) in [5.41, 5.74) is 7.65. The minimum Gasteiger partial charge on any atom is -0.381 e. The van der Waals surface area contributed by atoms with E-state index in [2.05, 4.69) is 55.6 Å². The number of rotatable bonds is 5. The second kappa shape index (κ2) is 9.11. The predicted molar refractivity (Wildman–Crippen MR) is 140 cm³/mol. The maximum Gasteiger partial charge on any atom is 0.273 e. The molecule has 0 aliphatic carbocycles. The third kappa shape index (κ3) is 3.71. The van der Waals surface area contributed by atoms with Gasteiger partial charge in [-0.05, 0) is 37.3 Å². The number of benzene rings is 1. The molecule has 5 heterocycles. The first-order chi connectivity index (χ1) is 18.0. The fraction of sp³-hybridized carbons (Fsp3) is 0.370. The van der Waals surface area contributed by atoms with E-state index in [0.717, 1.165) is 65.1 Å². The van der Waals surface area contributed by atoms with Gasteiger partial charge in [-0.25, -0.2) is 4.68 Å². The molecule has 37 heavy (non-hydrogen) atoms. The van der Waals surface area contributed by atoms with Gasteiger partial charge in [0.15, 0.2) is 5.69 Å². The van der Waals surface area contributed by atoms with Gasteiger partial charge in [-0.3, -0.25) is 14.5 Å². The summed E-state index contributed by atoms with van der Waals surface area (Å²) in [6.07, 6.45) is 3.71. The lowest BCUT2D eigenvalue weighted by atomic mass is 9.86. The molecular weight excluding hydrogens is 468 g/mol. The predicted octanol–water partition coefficient (Wildman–Crippen LogP) is 3.40. The summed E-state index contributed by atoms with van der Waals surface area (Å²) in [5, 5.41) is 15.9. The lowest BCUT2D eigenvalue weighted by molar-refractivity contribution is 0.0552. The molecule has 1 amide bonds. The van der Waals surface area contributed by atoms with Crippen molar-refractivity contribution in [3.63, 3.8) is 0 Å². The van der Waals surface area contributed by atoms with Gasteiger partial charge >= 0.3 is 0 Å². The van der Waals surface area contributed by atoms with Gasteiger partial charge in [0.05, 0.1) is 22.9 Å². The molecule has 0 radical (unpaired) electrons. The van der Waals surface area contributed by atoms with Gasteiger partial charge in [0.25, 0.3) is 5.91 Å². The lowest BCUT2D eigenvalue weighted by Gasteiger charge is -2.33. The molecule has 1 fully saturated rings. The first-order valence-electron chi connectivity index (χ1n) is 12.6. The van der Waals surface area contributed by atoms with Crippen molar-refractivity contribution in [3.8, 4) is 11.3 Å².